The van der Waals surface area contributed by atoms with Gasteiger partial charge in [0.1, 0.15) is 18.2 Å². The number of aromatic nitrogens is 3. The van der Waals surface area contributed by atoms with Crippen molar-refractivity contribution in [1.82, 2.24) is 20.1 Å². The Morgan fingerprint density at radius 1 is 1.04 bits per heavy atom. The zero-order valence-electron chi connectivity index (χ0n) is 29.9. The minimum absolute atomic E-state index is 0.0253. The highest BCUT2D eigenvalue weighted by molar-refractivity contribution is 5.95. The van der Waals surface area contributed by atoms with Gasteiger partial charge in [-0.15, -0.1) is 0 Å². The Morgan fingerprint density at radius 2 is 1.78 bits per heavy atom. The monoisotopic (exact) mass is 683 g/mol. The van der Waals surface area contributed by atoms with Crippen molar-refractivity contribution in [3.8, 4) is 16.9 Å². The van der Waals surface area contributed by atoms with E-state index in [9.17, 15) is 14.7 Å². The van der Waals surface area contributed by atoms with Crippen molar-refractivity contribution >= 4 is 17.8 Å². The summed E-state index contributed by atoms with van der Waals surface area (Å²) < 4.78 is 12.8. The molecule has 0 aliphatic heterocycles. The molecule has 2 aromatic heterocycles. The van der Waals surface area contributed by atoms with Crippen LogP contribution < -0.4 is 15.0 Å². The number of rotatable bonds is 11. The van der Waals surface area contributed by atoms with Crippen molar-refractivity contribution in [3.63, 3.8) is 0 Å². The van der Waals surface area contributed by atoms with Gasteiger partial charge in [-0.05, 0) is 124 Å². The maximum atomic E-state index is 14.4. The first kappa shape index (κ1) is 34.5. The topological polar surface area (TPSA) is 119 Å². The van der Waals surface area contributed by atoms with E-state index in [-0.39, 0.29) is 47.4 Å². The van der Waals surface area contributed by atoms with E-state index in [2.05, 4.69) is 46.5 Å². The molecular formula is C40H53N5O5. The molecule has 0 saturated heterocycles. The van der Waals surface area contributed by atoms with Gasteiger partial charge in [0.25, 0.3) is 0 Å². The van der Waals surface area contributed by atoms with Gasteiger partial charge in [0.05, 0.1) is 25.5 Å². The van der Waals surface area contributed by atoms with Crippen molar-refractivity contribution < 1.29 is 24.2 Å². The zero-order valence-corrected chi connectivity index (χ0v) is 29.9. The van der Waals surface area contributed by atoms with Gasteiger partial charge in [0, 0.05) is 36.5 Å². The van der Waals surface area contributed by atoms with Crippen LogP contribution in [0.4, 0.5) is 10.6 Å². The number of aliphatic hydroxyl groups is 1. The van der Waals surface area contributed by atoms with Crippen LogP contribution in [0, 0.1) is 18.3 Å². The van der Waals surface area contributed by atoms with E-state index in [1.165, 1.54) is 17.5 Å². The molecule has 1 unspecified atom stereocenters. The second-order valence-corrected chi connectivity index (χ2v) is 15.7. The van der Waals surface area contributed by atoms with Crippen LogP contribution in [0.5, 0.6) is 5.75 Å². The molecule has 2 amide bonds. The Bertz CT molecular complexity index is 1650. The molecular weight excluding hydrogens is 630 g/mol. The van der Waals surface area contributed by atoms with Crippen molar-refractivity contribution in [1.29, 1.82) is 0 Å². The van der Waals surface area contributed by atoms with Gasteiger partial charge >= 0.3 is 6.09 Å². The zero-order chi connectivity index (χ0) is 34.9. The van der Waals surface area contributed by atoms with Crippen LogP contribution in [-0.4, -0.2) is 64.3 Å². The lowest BCUT2D eigenvalue weighted by atomic mass is 9.51. The number of hydrogen-bond acceptors (Lipinski definition) is 7. The van der Waals surface area contributed by atoms with E-state index in [1.54, 1.807) is 11.8 Å². The smallest absolute Gasteiger partial charge is 0.407 e. The van der Waals surface area contributed by atoms with E-state index in [4.69, 9.17) is 14.5 Å². The Morgan fingerprint density at radius 3 is 2.46 bits per heavy atom. The van der Waals surface area contributed by atoms with Crippen molar-refractivity contribution in [2.24, 2.45) is 11.3 Å². The number of nitrogens with one attached hydrogen (secondary N) is 1. The largest absolute Gasteiger partial charge is 0.496 e. The number of benzene rings is 1. The molecule has 2 bridgehead atoms. The highest BCUT2D eigenvalue weighted by Crippen LogP contribution is 2.58. The second-order valence-electron chi connectivity index (χ2n) is 15.7. The van der Waals surface area contributed by atoms with E-state index >= 15 is 0 Å². The summed E-state index contributed by atoms with van der Waals surface area (Å²) in [4.78, 5) is 33.5. The van der Waals surface area contributed by atoms with Gasteiger partial charge < -0.3 is 19.9 Å². The lowest BCUT2D eigenvalue weighted by Crippen LogP contribution is -2.51. The summed E-state index contributed by atoms with van der Waals surface area (Å²) in [5.41, 5.74) is 4.81. The van der Waals surface area contributed by atoms with Crippen LogP contribution in [0.3, 0.4) is 0 Å². The SMILES string of the molecule is COc1ccc(C23CCC(CN(C(=O)C4CCCCC4)c4cc(-c5cnn(C(C)COC(=O)NC6CC(O)C6)c5)ccn4)(CC2)CC3)cc1C. The first-order chi connectivity index (χ1) is 24.2. The normalized spacial score (nSPS) is 26.9. The number of aryl methyl sites for hydroxylation is 1. The van der Waals surface area contributed by atoms with Crippen LogP contribution in [0.25, 0.3) is 11.1 Å². The Labute approximate surface area is 295 Å². The molecule has 10 nitrogen and oxygen atoms in total. The highest BCUT2D eigenvalue weighted by atomic mass is 16.5. The lowest BCUT2D eigenvalue weighted by Gasteiger charge is -2.55. The Kier molecular flexibility index (Phi) is 9.92. The minimum atomic E-state index is -0.473. The van der Waals surface area contributed by atoms with E-state index in [0.717, 1.165) is 86.9 Å². The van der Waals surface area contributed by atoms with Crippen LogP contribution >= 0.6 is 0 Å². The van der Waals surface area contributed by atoms with Gasteiger partial charge in [0.15, 0.2) is 0 Å². The fourth-order valence-corrected chi connectivity index (χ4v) is 8.98. The number of pyridine rings is 1. The van der Waals surface area contributed by atoms with E-state index in [0.29, 0.717) is 19.4 Å². The molecule has 268 valence electrons. The molecule has 1 aromatic carbocycles. The lowest BCUT2D eigenvalue weighted by molar-refractivity contribution is -0.124. The molecule has 50 heavy (non-hydrogen) atoms. The third-order valence-corrected chi connectivity index (χ3v) is 12.4. The number of hydrogen-bond donors (Lipinski definition) is 2. The molecule has 5 fully saturated rings. The van der Waals surface area contributed by atoms with Crippen LogP contribution in [-0.2, 0) is 14.9 Å². The van der Waals surface area contributed by atoms with Crippen LogP contribution in [0.1, 0.15) is 108 Å². The number of anilines is 1. The molecule has 5 aliphatic rings. The van der Waals surface area contributed by atoms with Crippen molar-refractivity contribution in [2.45, 2.75) is 121 Å². The Balaban J connectivity index is 1.06. The predicted molar refractivity (Wildman–Crippen MR) is 192 cm³/mol. The van der Waals surface area contributed by atoms with Gasteiger partial charge in [0.2, 0.25) is 5.91 Å². The summed E-state index contributed by atoms with van der Waals surface area (Å²) in [6.45, 7) is 4.98. The number of carbonyl (C=O) groups is 2. The van der Waals surface area contributed by atoms with Crippen LogP contribution in [0.2, 0.25) is 0 Å². The third kappa shape index (κ3) is 7.13. The highest BCUT2D eigenvalue weighted by Gasteiger charge is 2.50. The summed E-state index contributed by atoms with van der Waals surface area (Å²) in [6, 6.07) is 10.6. The number of nitrogens with zero attached hydrogens (tertiary/aromatic N) is 4. The summed E-state index contributed by atoms with van der Waals surface area (Å²) >= 11 is 0. The fourth-order valence-electron chi connectivity index (χ4n) is 8.98. The molecule has 8 rings (SSSR count). The summed E-state index contributed by atoms with van der Waals surface area (Å²) in [6.07, 6.45) is 18.0. The minimum Gasteiger partial charge on any atom is -0.496 e. The number of aliphatic hydroxyl groups excluding tert-OH is 1. The Hall–Kier alpha value is -3.92. The van der Waals surface area contributed by atoms with E-state index < -0.39 is 6.09 Å². The quantitative estimate of drug-likeness (QED) is 0.218. The summed E-state index contributed by atoms with van der Waals surface area (Å²) in [5.74, 6) is 1.95. The molecule has 0 radical (unpaired) electrons. The summed E-state index contributed by atoms with van der Waals surface area (Å²) in [7, 11) is 1.74. The molecule has 1 atom stereocenters. The van der Waals surface area contributed by atoms with Crippen LogP contribution in [0.15, 0.2) is 48.9 Å². The maximum Gasteiger partial charge on any atom is 0.407 e. The maximum absolute atomic E-state index is 14.4. The molecule has 0 spiro atoms. The van der Waals surface area contributed by atoms with E-state index in [1.807, 2.05) is 31.6 Å². The third-order valence-electron chi connectivity index (χ3n) is 12.4. The average molecular weight is 684 g/mol. The first-order valence-corrected chi connectivity index (χ1v) is 18.7. The fraction of sp³-hybridized carbons (Fsp3) is 0.600. The molecule has 2 N–H and O–H groups in total. The number of amides is 2. The van der Waals surface area contributed by atoms with Gasteiger partial charge in [-0.25, -0.2) is 9.78 Å². The standard InChI is InChI=1S/C40H53N5O5/c1-27-19-32(9-10-35(27)49-3)40-15-12-39(13-16-40,14-17-40)26-44(37(47)29-7-5-4-6-8-29)36-20-30(11-18-41-36)31-23-42-45(24-31)28(2)25-50-38(48)43-33-21-34(46)22-33/h9-11,18-20,23-24,28-29,33-34,46H,4-8,12-17,21-22,25-26H2,1-3H3,(H,43,48). The molecule has 3 aromatic rings. The number of methoxy groups -OCH3 is 1. The molecule has 5 saturated carbocycles. The van der Waals surface area contributed by atoms with Crippen molar-refractivity contribution in [2.75, 3.05) is 25.2 Å². The number of fused-ring (bicyclic) bond motifs is 3. The number of ether oxygens (including phenoxy) is 2. The first-order valence-electron chi connectivity index (χ1n) is 18.7. The van der Waals surface area contributed by atoms with Crippen molar-refractivity contribution in [3.05, 3.63) is 60.0 Å². The van der Waals surface area contributed by atoms with Gasteiger partial charge in [-0.1, -0.05) is 31.4 Å². The predicted octanol–water partition coefficient (Wildman–Crippen LogP) is 7.28. The molecule has 5 aliphatic carbocycles. The molecule has 10 heteroatoms. The average Bonchev–Trinajstić information content (AvgIpc) is 3.64. The number of carbonyl (C=O) groups excluding carboxylic acids is 2. The second kappa shape index (κ2) is 14.4. The van der Waals surface area contributed by atoms with Gasteiger partial charge in [-0.3, -0.25) is 14.4 Å². The summed E-state index contributed by atoms with van der Waals surface area (Å²) in [5, 5.41) is 16.8. The van der Waals surface area contributed by atoms with Gasteiger partial charge in [-0.2, -0.15) is 5.10 Å². The molecule has 2 heterocycles. The number of alkyl carbamates (subject to hydrolysis) is 1.